The van der Waals surface area contributed by atoms with Crippen molar-refractivity contribution in [2.24, 2.45) is 11.8 Å². The van der Waals surface area contributed by atoms with Gasteiger partial charge in [-0.2, -0.15) is 18.4 Å². The SMILES string of the molecule is Cc1ccncc1-c1cc2cc(NC(=O)C3CC3C#N)ncc2c(N)c1C(F)(F)F. The third-order valence-electron chi connectivity index (χ3n) is 5.22. The van der Waals surface area contributed by atoms with Crippen molar-refractivity contribution in [2.45, 2.75) is 19.5 Å². The van der Waals surface area contributed by atoms with Gasteiger partial charge in [0.05, 0.1) is 29.2 Å². The first kappa shape index (κ1) is 19.6. The number of nitrogens with zero attached hydrogens (tertiary/aromatic N) is 3. The fourth-order valence-electron chi connectivity index (χ4n) is 3.50. The molecule has 1 fully saturated rings. The zero-order valence-corrected chi connectivity index (χ0v) is 15.8. The summed E-state index contributed by atoms with van der Waals surface area (Å²) in [6.07, 6.45) is -0.113. The maximum atomic E-state index is 13.9. The number of amides is 1. The van der Waals surface area contributed by atoms with E-state index in [2.05, 4.69) is 15.3 Å². The number of nitrogens with two attached hydrogens (primary N) is 1. The van der Waals surface area contributed by atoms with Crippen molar-refractivity contribution in [3.8, 4) is 17.2 Å². The van der Waals surface area contributed by atoms with E-state index in [4.69, 9.17) is 11.0 Å². The maximum Gasteiger partial charge on any atom is 0.419 e. The number of aryl methyl sites for hydroxylation is 1. The number of nitrogen functional groups attached to an aromatic ring is 1. The van der Waals surface area contributed by atoms with Gasteiger partial charge in [0.1, 0.15) is 5.82 Å². The summed E-state index contributed by atoms with van der Waals surface area (Å²) in [6.45, 7) is 1.69. The summed E-state index contributed by atoms with van der Waals surface area (Å²) >= 11 is 0. The number of carbonyl (C=O) groups is 1. The fraction of sp³-hybridized carbons (Fsp3) is 0.238. The van der Waals surface area contributed by atoms with Crippen molar-refractivity contribution in [1.82, 2.24) is 9.97 Å². The number of alkyl halides is 3. The quantitative estimate of drug-likeness (QED) is 0.625. The summed E-state index contributed by atoms with van der Waals surface area (Å²) in [4.78, 5) is 20.2. The molecule has 0 saturated heterocycles. The summed E-state index contributed by atoms with van der Waals surface area (Å²) in [5.74, 6) is -0.852. The average Bonchev–Trinajstić information content (AvgIpc) is 3.47. The Hall–Kier alpha value is -3.67. The number of nitriles is 1. The van der Waals surface area contributed by atoms with E-state index in [1.165, 1.54) is 30.7 Å². The lowest BCUT2D eigenvalue weighted by Crippen LogP contribution is -2.16. The molecule has 1 aromatic carbocycles. The predicted octanol–water partition coefficient (Wildman–Crippen LogP) is 4.30. The normalized spacial score (nSPS) is 18.1. The van der Waals surface area contributed by atoms with Gasteiger partial charge in [0.25, 0.3) is 0 Å². The Kier molecular flexibility index (Phi) is 4.57. The molecule has 1 saturated carbocycles. The second kappa shape index (κ2) is 6.99. The molecule has 0 spiro atoms. The minimum Gasteiger partial charge on any atom is -0.398 e. The molecule has 30 heavy (non-hydrogen) atoms. The third kappa shape index (κ3) is 3.41. The van der Waals surface area contributed by atoms with Gasteiger partial charge in [-0.3, -0.25) is 9.78 Å². The number of nitrogens with one attached hydrogen (secondary N) is 1. The van der Waals surface area contributed by atoms with E-state index in [1.54, 1.807) is 13.0 Å². The number of halogens is 3. The molecular formula is C21H16F3N5O. The number of hydrogen-bond donors (Lipinski definition) is 2. The van der Waals surface area contributed by atoms with Crippen LogP contribution in [0.15, 0.2) is 36.8 Å². The number of anilines is 2. The monoisotopic (exact) mass is 411 g/mol. The van der Waals surface area contributed by atoms with E-state index < -0.39 is 23.3 Å². The Morgan fingerprint density at radius 2 is 2.07 bits per heavy atom. The van der Waals surface area contributed by atoms with Gasteiger partial charge in [0, 0.05) is 29.5 Å². The molecule has 4 rings (SSSR count). The van der Waals surface area contributed by atoms with Crippen LogP contribution in [0.4, 0.5) is 24.7 Å². The molecule has 0 bridgehead atoms. The molecule has 3 aromatic rings. The summed E-state index contributed by atoms with van der Waals surface area (Å²) in [5, 5.41) is 12.0. The van der Waals surface area contributed by atoms with Gasteiger partial charge < -0.3 is 11.1 Å². The van der Waals surface area contributed by atoms with Crippen LogP contribution < -0.4 is 11.1 Å². The number of hydrogen-bond acceptors (Lipinski definition) is 5. The largest absolute Gasteiger partial charge is 0.419 e. The van der Waals surface area contributed by atoms with E-state index in [9.17, 15) is 18.0 Å². The van der Waals surface area contributed by atoms with Gasteiger partial charge in [0.2, 0.25) is 5.91 Å². The Labute approximate surface area is 169 Å². The zero-order chi connectivity index (χ0) is 21.6. The van der Waals surface area contributed by atoms with Crippen LogP contribution in [0.2, 0.25) is 0 Å². The molecule has 2 aromatic heterocycles. The van der Waals surface area contributed by atoms with E-state index in [0.29, 0.717) is 22.9 Å². The molecule has 1 amide bonds. The number of carbonyl (C=O) groups excluding carboxylic acids is 1. The lowest BCUT2D eigenvalue weighted by atomic mass is 9.92. The second-order valence-electron chi connectivity index (χ2n) is 7.26. The van der Waals surface area contributed by atoms with Gasteiger partial charge >= 0.3 is 6.18 Å². The number of rotatable bonds is 3. The van der Waals surface area contributed by atoms with Crippen LogP contribution in [-0.4, -0.2) is 15.9 Å². The van der Waals surface area contributed by atoms with E-state index >= 15 is 0 Å². The Balaban J connectivity index is 1.84. The van der Waals surface area contributed by atoms with E-state index in [1.807, 2.05) is 6.07 Å². The Bertz CT molecular complexity index is 1220. The minimum atomic E-state index is -4.68. The van der Waals surface area contributed by atoms with Crippen molar-refractivity contribution in [3.63, 3.8) is 0 Å². The van der Waals surface area contributed by atoms with Crippen LogP contribution >= 0.6 is 0 Å². The Morgan fingerprint density at radius 1 is 1.30 bits per heavy atom. The smallest absolute Gasteiger partial charge is 0.398 e. The zero-order valence-electron chi connectivity index (χ0n) is 15.8. The van der Waals surface area contributed by atoms with Crippen LogP contribution in [-0.2, 0) is 11.0 Å². The minimum absolute atomic E-state index is 0.0895. The summed E-state index contributed by atoms with van der Waals surface area (Å²) < 4.78 is 41.6. The van der Waals surface area contributed by atoms with Gasteiger partial charge in [-0.1, -0.05) is 0 Å². The van der Waals surface area contributed by atoms with Gasteiger partial charge in [0.15, 0.2) is 0 Å². The fourth-order valence-corrected chi connectivity index (χ4v) is 3.50. The van der Waals surface area contributed by atoms with Crippen LogP contribution in [0.3, 0.4) is 0 Å². The Morgan fingerprint density at radius 3 is 2.70 bits per heavy atom. The van der Waals surface area contributed by atoms with Crippen LogP contribution in [0, 0.1) is 30.1 Å². The summed E-state index contributed by atoms with van der Waals surface area (Å²) in [7, 11) is 0. The molecule has 152 valence electrons. The standard InChI is InChI=1S/C21H16F3N5O/c1-10-2-3-27-8-15(10)14-4-11-6-17(29-20(30)13-5-12(13)7-25)28-9-16(11)19(26)18(14)21(22,23)24/h2-4,6,8-9,12-13H,5,26H2,1H3,(H,28,29,30). The van der Waals surface area contributed by atoms with Crippen molar-refractivity contribution < 1.29 is 18.0 Å². The molecule has 3 N–H and O–H groups in total. The second-order valence-corrected chi connectivity index (χ2v) is 7.26. The molecule has 2 heterocycles. The predicted molar refractivity (Wildman–Crippen MR) is 105 cm³/mol. The highest BCUT2D eigenvalue weighted by molar-refractivity contribution is 6.02. The van der Waals surface area contributed by atoms with Crippen molar-refractivity contribution in [1.29, 1.82) is 5.26 Å². The van der Waals surface area contributed by atoms with Crippen LogP contribution in [0.25, 0.3) is 21.9 Å². The first-order valence-electron chi connectivity index (χ1n) is 9.11. The van der Waals surface area contributed by atoms with Gasteiger partial charge in [-0.05, 0) is 48.1 Å². The molecule has 6 nitrogen and oxygen atoms in total. The van der Waals surface area contributed by atoms with Crippen LogP contribution in [0.1, 0.15) is 17.5 Å². The molecule has 9 heteroatoms. The van der Waals surface area contributed by atoms with Crippen LogP contribution in [0.5, 0.6) is 0 Å². The molecule has 2 atom stereocenters. The average molecular weight is 411 g/mol. The van der Waals surface area contributed by atoms with Crippen molar-refractivity contribution in [2.75, 3.05) is 11.1 Å². The lowest BCUT2D eigenvalue weighted by Gasteiger charge is -2.19. The molecule has 0 radical (unpaired) electrons. The summed E-state index contributed by atoms with van der Waals surface area (Å²) in [6, 6.07) is 6.51. The van der Waals surface area contributed by atoms with Gasteiger partial charge in [-0.15, -0.1) is 0 Å². The topological polar surface area (TPSA) is 105 Å². The first-order chi connectivity index (χ1) is 14.2. The number of benzene rings is 1. The van der Waals surface area contributed by atoms with E-state index in [-0.39, 0.29) is 28.6 Å². The van der Waals surface area contributed by atoms with Crippen molar-refractivity contribution >= 4 is 28.2 Å². The van der Waals surface area contributed by atoms with Crippen molar-refractivity contribution in [3.05, 3.63) is 47.9 Å². The van der Waals surface area contributed by atoms with E-state index in [0.717, 1.165) is 0 Å². The highest BCUT2D eigenvalue weighted by Gasteiger charge is 2.43. The number of pyridine rings is 2. The first-order valence-corrected chi connectivity index (χ1v) is 9.11. The molecule has 1 aliphatic rings. The lowest BCUT2D eigenvalue weighted by molar-refractivity contribution is -0.136. The third-order valence-corrected chi connectivity index (χ3v) is 5.22. The highest BCUT2D eigenvalue weighted by Crippen LogP contribution is 2.45. The number of aromatic nitrogens is 2. The number of fused-ring (bicyclic) bond motifs is 1. The maximum absolute atomic E-state index is 13.9. The molecule has 1 aliphatic carbocycles. The molecule has 2 unspecified atom stereocenters. The molecular weight excluding hydrogens is 395 g/mol. The molecule has 0 aliphatic heterocycles. The summed E-state index contributed by atoms with van der Waals surface area (Å²) in [5.41, 5.74) is 5.40. The van der Waals surface area contributed by atoms with Gasteiger partial charge in [-0.25, -0.2) is 4.98 Å². The highest BCUT2D eigenvalue weighted by atomic mass is 19.4.